The lowest BCUT2D eigenvalue weighted by atomic mass is 9.98. The van der Waals surface area contributed by atoms with Crippen LogP contribution in [0.5, 0.6) is 0 Å². The van der Waals surface area contributed by atoms with Crippen molar-refractivity contribution in [3.8, 4) is 0 Å². The smallest absolute Gasteiger partial charge is 0.257 e. The minimum Gasteiger partial charge on any atom is -0.384 e. The topological polar surface area (TPSA) is 313 Å². The number of anilines is 5. The molecular formula is C81H94N6O15S4. The highest BCUT2D eigenvalue weighted by molar-refractivity contribution is 7.93. The monoisotopic (exact) mass is 1520 g/mol. The number of nitrogens with one attached hydrogen (secondary N) is 6. The van der Waals surface area contributed by atoms with E-state index in [-0.39, 0.29) is 87.4 Å². The molecule has 0 heterocycles. The summed E-state index contributed by atoms with van der Waals surface area (Å²) >= 11 is 0. The van der Waals surface area contributed by atoms with Crippen LogP contribution in [0.4, 0.5) is 28.4 Å². The van der Waals surface area contributed by atoms with Gasteiger partial charge in [0.25, 0.3) is 17.7 Å². The number of amides is 3. The first-order valence-corrected chi connectivity index (χ1v) is 41.3. The third kappa shape index (κ3) is 29.4. The molecule has 0 spiro atoms. The van der Waals surface area contributed by atoms with Crippen LogP contribution >= 0.6 is 0 Å². The molecule has 0 aliphatic rings. The Kier molecular flexibility index (Phi) is 33.7. The van der Waals surface area contributed by atoms with Crippen molar-refractivity contribution in [2.45, 2.75) is 103 Å². The molecule has 0 atom stereocenters. The Morgan fingerprint density at radius 2 is 0.830 bits per heavy atom. The van der Waals surface area contributed by atoms with Crippen molar-refractivity contribution < 1.29 is 67.1 Å². The van der Waals surface area contributed by atoms with Gasteiger partial charge in [-0.1, -0.05) is 184 Å². The Balaban J connectivity index is 0.000000222. The van der Waals surface area contributed by atoms with Gasteiger partial charge in [-0.25, -0.2) is 33.7 Å². The fourth-order valence-electron chi connectivity index (χ4n) is 10.3. The van der Waals surface area contributed by atoms with E-state index in [4.69, 9.17) is 9.47 Å². The Hall–Kier alpha value is -10.2. The van der Waals surface area contributed by atoms with Crippen LogP contribution < -0.4 is 30.1 Å². The van der Waals surface area contributed by atoms with E-state index in [1.165, 1.54) is 18.6 Å². The number of unbranched alkanes of at least 4 members (excludes halogenated alkanes) is 1. The van der Waals surface area contributed by atoms with Crippen LogP contribution in [0.25, 0.3) is 0 Å². The average Bonchev–Trinajstić information content (AvgIpc) is 0.887. The summed E-state index contributed by atoms with van der Waals surface area (Å²) in [7, 11) is -10.5. The summed E-state index contributed by atoms with van der Waals surface area (Å²) in [6.07, 6.45) is 6.68. The molecule has 562 valence electrons. The van der Waals surface area contributed by atoms with Crippen LogP contribution in [0.2, 0.25) is 0 Å². The van der Waals surface area contributed by atoms with Gasteiger partial charge in [0.15, 0.2) is 21.4 Å². The van der Waals surface area contributed by atoms with Gasteiger partial charge in [-0.15, -0.1) is 0 Å². The molecule has 3 amide bonds. The number of hydrogen-bond acceptors (Lipinski definition) is 15. The van der Waals surface area contributed by atoms with Gasteiger partial charge in [0, 0.05) is 49.7 Å². The van der Waals surface area contributed by atoms with E-state index in [9.17, 15) is 57.6 Å². The first-order valence-electron chi connectivity index (χ1n) is 34.4. The van der Waals surface area contributed by atoms with Gasteiger partial charge in [0.2, 0.25) is 30.1 Å². The first-order chi connectivity index (χ1) is 50.5. The van der Waals surface area contributed by atoms with Crippen LogP contribution in [-0.2, 0) is 93.1 Å². The summed E-state index contributed by atoms with van der Waals surface area (Å²) in [5.41, 5.74) is 10.4. The normalized spacial score (nSPS) is 11.2. The number of Topliss-reactive ketones (excluding diaryl/α,β-unsaturated/α-hetero) is 2. The molecule has 9 rings (SSSR count). The molecule has 0 bridgehead atoms. The summed E-state index contributed by atoms with van der Waals surface area (Å²) in [5.74, 6) is -1.48. The number of rotatable bonds is 33. The lowest BCUT2D eigenvalue weighted by Gasteiger charge is -2.13. The lowest BCUT2D eigenvalue weighted by Crippen LogP contribution is -2.24. The second-order valence-corrected chi connectivity index (χ2v) is 32.9. The number of carbonyl (C=O) groups is 5. The Morgan fingerprint density at radius 1 is 0.415 bits per heavy atom. The summed E-state index contributed by atoms with van der Waals surface area (Å²) in [4.78, 5) is 61.6. The Bertz CT molecular complexity index is 4830. The number of ether oxygens (including phenoxy) is 2. The standard InChI is InChI=1S/C24H26N2O3S.C21H26O4S.C19H24N2O4S.C17H18N2O4S/c1-2-3-9-19-14-16-21(17-15-19)25-24(27)22-12-7-8-13-23(22)26-30(28,29)18-20-10-5-4-6-11-20;1-16(2)26(23,24)15-19-6-4-5-7-20(19)21(22)14-18-10-8-17(9-11-18)12-13-25-3;1-3-14-26(23,24)21-18-7-5-4-6-17(18)19(22)20-16-10-8-15(9-11-16)12-13-25-2;1-12(20)14-9-7-13(8-10-14)11-18-17(21)15-5-3-4-6-16(15)19-24(2,22)23/h4-8,10-17,26H,2-3,9,18H2,1H3,(H,25,27);4-11,16H,12-15H2,1-3H3;4-11,21H,3,12-14H2,1-2H3,(H,20,22);3-10,19H,11H2,1-2H3,(H,18,21). The third-order valence-electron chi connectivity index (χ3n) is 16.0. The molecule has 25 heteroatoms. The fourth-order valence-corrected chi connectivity index (χ4v) is 14.2. The number of methoxy groups -OCH3 is 2. The van der Waals surface area contributed by atoms with E-state index in [1.807, 2.05) is 78.9 Å². The molecule has 0 fully saturated rings. The van der Waals surface area contributed by atoms with E-state index < -0.39 is 51.1 Å². The van der Waals surface area contributed by atoms with E-state index in [0.717, 1.165) is 60.6 Å². The molecule has 0 aromatic heterocycles. The largest absolute Gasteiger partial charge is 0.384 e. The van der Waals surface area contributed by atoms with Crippen molar-refractivity contribution in [1.29, 1.82) is 0 Å². The van der Waals surface area contributed by atoms with Gasteiger partial charge in [-0.2, -0.15) is 0 Å². The first kappa shape index (κ1) is 84.8. The molecule has 6 N–H and O–H groups in total. The zero-order valence-electron chi connectivity index (χ0n) is 60.9. The second-order valence-electron chi connectivity index (χ2n) is 25.0. The number of ketones is 2. The van der Waals surface area contributed by atoms with Crippen molar-refractivity contribution in [1.82, 2.24) is 5.32 Å². The molecule has 0 unspecified atom stereocenters. The molecule has 0 aliphatic heterocycles. The van der Waals surface area contributed by atoms with Crippen molar-refractivity contribution in [2.24, 2.45) is 0 Å². The van der Waals surface area contributed by atoms with E-state index in [2.05, 4.69) is 37.0 Å². The van der Waals surface area contributed by atoms with Gasteiger partial charge in [-0.05, 0) is 152 Å². The van der Waals surface area contributed by atoms with Crippen LogP contribution in [-0.4, -0.2) is 108 Å². The Labute approximate surface area is 624 Å². The molecule has 21 nitrogen and oxygen atoms in total. The van der Waals surface area contributed by atoms with Crippen LogP contribution in [0, 0.1) is 0 Å². The molecule has 9 aromatic rings. The van der Waals surface area contributed by atoms with Crippen LogP contribution in [0.1, 0.15) is 145 Å². The van der Waals surface area contributed by atoms with Crippen molar-refractivity contribution >= 4 is 97.6 Å². The number of sulfone groups is 1. The molecule has 0 aliphatic carbocycles. The second kappa shape index (κ2) is 42.1. The minimum atomic E-state index is -3.66. The van der Waals surface area contributed by atoms with Crippen molar-refractivity contribution in [2.75, 3.05) is 64.2 Å². The minimum absolute atomic E-state index is 0.00584. The summed E-state index contributed by atoms with van der Waals surface area (Å²) in [6.45, 7) is 10.3. The highest BCUT2D eigenvalue weighted by Gasteiger charge is 2.23. The maximum absolute atomic E-state index is 12.8. The van der Waals surface area contributed by atoms with Crippen LogP contribution in [0.15, 0.2) is 224 Å². The zero-order chi connectivity index (χ0) is 77.3. The average molecular weight is 1520 g/mol. The predicted molar refractivity (Wildman–Crippen MR) is 423 cm³/mol. The van der Waals surface area contributed by atoms with E-state index in [1.54, 1.807) is 175 Å². The van der Waals surface area contributed by atoms with E-state index >= 15 is 0 Å². The van der Waals surface area contributed by atoms with Crippen molar-refractivity contribution in [3.05, 3.63) is 291 Å². The molecule has 0 saturated heterocycles. The lowest BCUT2D eigenvalue weighted by molar-refractivity contribution is 0.0948. The van der Waals surface area contributed by atoms with Gasteiger partial charge < -0.3 is 25.4 Å². The highest BCUT2D eigenvalue weighted by atomic mass is 32.2. The summed E-state index contributed by atoms with van der Waals surface area (Å²) in [6, 6.07) is 65.4. The maximum atomic E-state index is 12.8. The van der Waals surface area contributed by atoms with Crippen LogP contribution in [0.3, 0.4) is 0 Å². The molecule has 0 saturated carbocycles. The van der Waals surface area contributed by atoms with Crippen molar-refractivity contribution in [3.63, 3.8) is 0 Å². The summed E-state index contributed by atoms with van der Waals surface area (Å²) in [5, 5.41) is 7.90. The van der Waals surface area contributed by atoms with E-state index in [0.29, 0.717) is 53.3 Å². The highest BCUT2D eigenvalue weighted by Crippen LogP contribution is 2.25. The fraction of sp³-hybridized carbons (Fsp3) is 0.272. The number of aryl methyl sites for hydroxylation is 1. The number of hydrogen-bond donors (Lipinski definition) is 6. The van der Waals surface area contributed by atoms with Gasteiger partial charge in [0.1, 0.15) is 0 Å². The zero-order valence-corrected chi connectivity index (χ0v) is 64.2. The predicted octanol–water partition coefficient (Wildman–Crippen LogP) is 14.3. The van der Waals surface area contributed by atoms with Gasteiger partial charge >= 0.3 is 0 Å². The third-order valence-corrected chi connectivity index (χ3v) is 21.5. The summed E-state index contributed by atoms with van der Waals surface area (Å²) < 4.78 is 114. The number of sulfonamides is 3. The number of carbonyl (C=O) groups excluding carboxylic acids is 5. The molecule has 0 radical (unpaired) electrons. The number of benzene rings is 9. The molecular weight excluding hydrogens is 1430 g/mol. The number of para-hydroxylation sites is 3. The molecule has 9 aromatic carbocycles. The van der Waals surface area contributed by atoms with Gasteiger partial charge in [-0.3, -0.25) is 38.1 Å². The van der Waals surface area contributed by atoms with Gasteiger partial charge in [0.05, 0.1) is 75.7 Å². The Morgan fingerprint density at radius 3 is 1.29 bits per heavy atom. The quantitative estimate of drug-likeness (QED) is 0.0208. The maximum Gasteiger partial charge on any atom is 0.257 e. The SMILES string of the molecule is CC(=O)c1ccc(CNC(=O)c2ccccc2NS(C)(=O)=O)cc1.CCCCc1ccc(NC(=O)c2ccccc2NS(=O)(=O)Cc2ccccc2)cc1.CCCS(=O)(=O)Nc1ccccc1C(=O)Nc1ccc(CCOC)cc1.COCCc1ccc(CC(=O)c2ccccc2CS(=O)(=O)C(C)C)cc1. The molecule has 106 heavy (non-hydrogen) atoms.